The molecule has 2 N–H and O–H groups in total. The van der Waals surface area contributed by atoms with Crippen LogP contribution in [0.1, 0.15) is 31.1 Å². The van der Waals surface area contributed by atoms with Crippen molar-refractivity contribution in [2.24, 2.45) is 0 Å². The number of ether oxygens (including phenoxy) is 1. The predicted octanol–water partition coefficient (Wildman–Crippen LogP) is 2.83. The van der Waals surface area contributed by atoms with Crippen molar-refractivity contribution in [1.29, 1.82) is 0 Å². The zero-order chi connectivity index (χ0) is 11.6. The summed E-state index contributed by atoms with van der Waals surface area (Å²) in [7, 11) is 0. The van der Waals surface area contributed by atoms with E-state index in [0.29, 0.717) is 11.3 Å². The van der Waals surface area contributed by atoms with Crippen molar-refractivity contribution in [3.63, 3.8) is 0 Å². The first-order chi connectivity index (χ1) is 6.81. The van der Waals surface area contributed by atoms with Crippen molar-refractivity contribution < 1.29 is 9.53 Å². The third kappa shape index (κ3) is 3.37. The van der Waals surface area contributed by atoms with Crippen molar-refractivity contribution in [1.82, 2.24) is 0 Å². The Bertz CT molecular complexity index is 362. The molecule has 0 aliphatic rings. The molecular formula is C11H14INO2. The summed E-state index contributed by atoms with van der Waals surface area (Å²) in [6.07, 6.45) is 0. The fourth-order valence-electron chi connectivity index (χ4n) is 1.09. The molecule has 4 heteroatoms. The van der Waals surface area contributed by atoms with Crippen molar-refractivity contribution in [2.75, 3.05) is 5.73 Å². The summed E-state index contributed by atoms with van der Waals surface area (Å²) < 4.78 is 6.07. The summed E-state index contributed by atoms with van der Waals surface area (Å²) in [6.45, 7) is 5.49. The summed E-state index contributed by atoms with van der Waals surface area (Å²) >= 11 is 2.07. The minimum absolute atomic E-state index is 0.370. The molecule has 0 aromatic heterocycles. The second-order valence-electron chi connectivity index (χ2n) is 4.21. The Morgan fingerprint density at radius 1 is 1.40 bits per heavy atom. The number of carbonyl (C=O) groups is 1. The first kappa shape index (κ1) is 12.3. The summed E-state index contributed by atoms with van der Waals surface area (Å²) in [5.74, 6) is -0.370. The number of hydrogen-bond acceptors (Lipinski definition) is 3. The Morgan fingerprint density at radius 2 is 2.00 bits per heavy atom. The molecule has 0 fully saturated rings. The van der Waals surface area contributed by atoms with Crippen LogP contribution in [0.3, 0.4) is 0 Å². The Kier molecular flexibility index (Phi) is 3.59. The third-order valence-electron chi connectivity index (χ3n) is 1.65. The van der Waals surface area contributed by atoms with Crippen LogP contribution in [0.15, 0.2) is 18.2 Å². The van der Waals surface area contributed by atoms with Gasteiger partial charge in [0.25, 0.3) is 0 Å². The molecule has 15 heavy (non-hydrogen) atoms. The van der Waals surface area contributed by atoms with Gasteiger partial charge in [-0.1, -0.05) is 6.07 Å². The van der Waals surface area contributed by atoms with E-state index < -0.39 is 5.60 Å². The molecule has 1 aromatic carbocycles. The van der Waals surface area contributed by atoms with Gasteiger partial charge in [0.15, 0.2) is 0 Å². The molecule has 82 valence electrons. The standard InChI is InChI=1S/C11H14INO2/c1-11(2,3)15-10(14)9-7(12)5-4-6-8(9)13/h4-6H,13H2,1-3H3. The van der Waals surface area contributed by atoms with Crippen LogP contribution in [0.25, 0.3) is 0 Å². The van der Waals surface area contributed by atoms with E-state index in [1.54, 1.807) is 6.07 Å². The largest absolute Gasteiger partial charge is 0.456 e. The molecule has 3 nitrogen and oxygen atoms in total. The lowest BCUT2D eigenvalue weighted by molar-refractivity contribution is 0.00696. The molecule has 0 spiro atoms. The van der Waals surface area contributed by atoms with Gasteiger partial charge in [0.1, 0.15) is 5.60 Å². The van der Waals surface area contributed by atoms with E-state index in [2.05, 4.69) is 22.6 Å². The van der Waals surface area contributed by atoms with Crippen LogP contribution in [0.5, 0.6) is 0 Å². The molecule has 0 atom stereocenters. The van der Waals surface area contributed by atoms with Crippen LogP contribution in [0.4, 0.5) is 5.69 Å². The molecule has 0 amide bonds. The van der Waals surface area contributed by atoms with Crippen molar-refractivity contribution in [2.45, 2.75) is 26.4 Å². The zero-order valence-electron chi connectivity index (χ0n) is 9.00. The number of esters is 1. The maximum atomic E-state index is 11.8. The van der Waals surface area contributed by atoms with Gasteiger partial charge in [-0.2, -0.15) is 0 Å². The van der Waals surface area contributed by atoms with Gasteiger partial charge in [-0.15, -0.1) is 0 Å². The minimum Gasteiger partial charge on any atom is -0.456 e. The van der Waals surface area contributed by atoms with E-state index in [-0.39, 0.29) is 5.97 Å². The number of nitrogen functional groups attached to an aromatic ring is 1. The number of rotatable bonds is 1. The first-order valence-corrected chi connectivity index (χ1v) is 5.66. The van der Waals surface area contributed by atoms with E-state index in [1.807, 2.05) is 32.9 Å². The average molecular weight is 319 g/mol. The van der Waals surface area contributed by atoms with Crippen LogP contribution in [0.2, 0.25) is 0 Å². The van der Waals surface area contributed by atoms with Crippen molar-refractivity contribution in [3.05, 3.63) is 27.3 Å². The molecule has 1 aromatic rings. The average Bonchev–Trinajstić information content (AvgIpc) is 1.99. The van der Waals surface area contributed by atoms with Gasteiger partial charge >= 0.3 is 5.97 Å². The fraction of sp³-hybridized carbons (Fsp3) is 0.364. The smallest absolute Gasteiger partial charge is 0.341 e. The van der Waals surface area contributed by atoms with Gasteiger partial charge in [0.05, 0.1) is 5.56 Å². The Morgan fingerprint density at radius 3 is 2.47 bits per heavy atom. The van der Waals surface area contributed by atoms with E-state index >= 15 is 0 Å². The Balaban J connectivity index is 3.02. The fourth-order valence-corrected chi connectivity index (χ4v) is 1.82. The molecule has 0 unspecified atom stereocenters. The zero-order valence-corrected chi connectivity index (χ0v) is 11.2. The lowest BCUT2D eigenvalue weighted by atomic mass is 10.1. The highest BCUT2D eigenvalue weighted by molar-refractivity contribution is 14.1. The van der Waals surface area contributed by atoms with Crippen LogP contribution < -0.4 is 5.73 Å². The normalized spacial score (nSPS) is 11.2. The molecule has 1 rings (SSSR count). The molecule has 0 bridgehead atoms. The van der Waals surface area contributed by atoms with Gasteiger partial charge in [0, 0.05) is 9.26 Å². The monoisotopic (exact) mass is 319 g/mol. The highest BCUT2D eigenvalue weighted by atomic mass is 127. The molecule has 0 aliphatic carbocycles. The molecule has 0 radical (unpaired) electrons. The highest BCUT2D eigenvalue weighted by Gasteiger charge is 2.21. The van der Waals surface area contributed by atoms with Crippen LogP contribution in [-0.2, 0) is 4.74 Å². The summed E-state index contributed by atoms with van der Waals surface area (Å²) in [4.78, 5) is 11.8. The topological polar surface area (TPSA) is 52.3 Å². The lowest BCUT2D eigenvalue weighted by Crippen LogP contribution is -2.25. The van der Waals surface area contributed by atoms with Gasteiger partial charge in [-0.05, 0) is 55.5 Å². The van der Waals surface area contributed by atoms with Gasteiger partial charge in [-0.25, -0.2) is 4.79 Å². The number of anilines is 1. The lowest BCUT2D eigenvalue weighted by Gasteiger charge is -2.20. The van der Waals surface area contributed by atoms with Gasteiger partial charge < -0.3 is 10.5 Å². The molecule has 0 heterocycles. The van der Waals surface area contributed by atoms with E-state index in [4.69, 9.17) is 10.5 Å². The van der Waals surface area contributed by atoms with Gasteiger partial charge in [-0.3, -0.25) is 0 Å². The molecule has 0 saturated carbocycles. The van der Waals surface area contributed by atoms with E-state index in [1.165, 1.54) is 0 Å². The maximum absolute atomic E-state index is 11.8. The number of halogens is 1. The van der Waals surface area contributed by atoms with Crippen molar-refractivity contribution in [3.8, 4) is 0 Å². The van der Waals surface area contributed by atoms with E-state index in [0.717, 1.165) is 3.57 Å². The quantitative estimate of drug-likeness (QED) is 0.492. The summed E-state index contributed by atoms with van der Waals surface area (Å²) in [6, 6.07) is 5.34. The number of nitrogens with two attached hydrogens (primary N) is 1. The number of benzene rings is 1. The van der Waals surface area contributed by atoms with E-state index in [9.17, 15) is 4.79 Å². The summed E-state index contributed by atoms with van der Waals surface area (Å²) in [5.41, 5.74) is 6.14. The van der Waals surface area contributed by atoms with Gasteiger partial charge in [0.2, 0.25) is 0 Å². The number of carbonyl (C=O) groups excluding carboxylic acids is 1. The predicted molar refractivity (Wildman–Crippen MR) is 68.7 cm³/mol. The molecule has 0 aliphatic heterocycles. The Hall–Kier alpha value is -0.780. The van der Waals surface area contributed by atoms with Crippen LogP contribution in [-0.4, -0.2) is 11.6 Å². The molecule has 0 saturated heterocycles. The molecular weight excluding hydrogens is 305 g/mol. The second kappa shape index (κ2) is 4.38. The third-order valence-corrected chi connectivity index (χ3v) is 2.55. The van der Waals surface area contributed by atoms with Crippen LogP contribution >= 0.6 is 22.6 Å². The van der Waals surface area contributed by atoms with Crippen molar-refractivity contribution >= 4 is 34.2 Å². The second-order valence-corrected chi connectivity index (χ2v) is 5.37. The maximum Gasteiger partial charge on any atom is 0.341 e. The first-order valence-electron chi connectivity index (χ1n) is 4.58. The highest BCUT2D eigenvalue weighted by Crippen LogP contribution is 2.22. The Labute approximate surface area is 103 Å². The van der Waals surface area contributed by atoms with Crippen LogP contribution in [0, 0.1) is 3.57 Å². The SMILES string of the molecule is CC(C)(C)OC(=O)c1c(N)cccc1I. The summed E-state index contributed by atoms with van der Waals surface area (Å²) in [5, 5.41) is 0. The minimum atomic E-state index is -0.498. The number of hydrogen-bond donors (Lipinski definition) is 1.